The molecular weight excluding hydrogens is 269 g/mol. The van der Waals surface area contributed by atoms with Gasteiger partial charge in [0.05, 0.1) is 10.0 Å². The van der Waals surface area contributed by atoms with Crippen LogP contribution >= 0.6 is 23.2 Å². The van der Waals surface area contributed by atoms with Crippen molar-refractivity contribution >= 4 is 29.1 Å². The highest BCUT2D eigenvalue weighted by molar-refractivity contribution is 6.42. The number of rotatable bonds is 3. The second-order valence-electron chi connectivity index (χ2n) is 4.69. The van der Waals surface area contributed by atoms with Gasteiger partial charge < -0.3 is 4.90 Å². The molecule has 0 radical (unpaired) electrons. The van der Waals surface area contributed by atoms with E-state index < -0.39 is 0 Å². The minimum atomic E-state index is 0.251. The smallest absolute Gasteiger partial charge is 0.222 e. The first-order valence-electron chi connectivity index (χ1n) is 6.38. The van der Waals surface area contributed by atoms with Crippen LogP contribution in [0.1, 0.15) is 31.2 Å². The van der Waals surface area contributed by atoms with Crippen molar-refractivity contribution in [2.75, 3.05) is 13.1 Å². The highest BCUT2D eigenvalue weighted by atomic mass is 35.5. The van der Waals surface area contributed by atoms with Crippen molar-refractivity contribution in [2.24, 2.45) is 0 Å². The lowest BCUT2D eigenvalue weighted by Gasteiger charge is -2.26. The van der Waals surface area contributed by atoms with Gasteiger partial charge in [0.15, 0.2) is 0 Å². The first kappa shape index (κ1) is 13.7. The van der Waals surface area contributed by atoms with Gasteiger partial charge in [-0.25, -0.2) is 0 Å². The predicted octanol–water partition coefficient (Wildman–Crippen LogP) is 3.94. The van der Waals surface area contributed by atoms with Crippen LogP contribution in [0.3, 0.4) is 0 Å². The number of piperidine rings is 1. The topological polar surface area (TPSA) is 20.3 Å². The lowest BCUT2D eigenvalue weighted by Crippen LogP contribution is -2.35. The molecule has 0 unspecified atom stereocenters. The summed E-state index contributed by atoms with van der Waals surface area (Å²) in [5.74, 6) is 0.251. The fourth-order valence-electron chi connectivity index (χ4n) is 2.25. The monoisotopic (exact) mass is 285 g/mol. The first-order valence-corrected chi connectivity index (χ1v) is 7.14. The molecule has 0 aliphatic carbocycles. The summed E-state index contributed by atoms with van der Waals surface area (Å²) in [5.41, 5.74) is 1.06. The fraction of sp³-hybridized carbons (Fsp3) is 0.500. The predicted molar refractivity (Wildman–Crippen MR) is 75.2 cm³/mol. The molecule has 4 heteroatoms. The van der Waals surface area contributed by atoms with E-state index in [1.54, 1.807) is 6.07 Å². The zero-order valence-corrected chi connectivity index (χ0v) is 11.8. The third kappa shape index (κ3) is 3.63. The normalized spacial score (nSPS) is 15.8. The van der Waals surface area contributed by atoms with E-state index in [0.717, 1.165) is 37.9 Å². The highest BCUT2D eigenvalue weighted by Gasteiger charge is 2.16. The van der Waals surface area contributed by atoms with E-state index >= 15 is 0 Å². The van der Waals surface area contributed by atoms with Crippen molar-refractivity contribution in [3.05, 3.63) is 33.8 Å². The molecule has 1 aliphatic heterocycles. The van der Waals surface area contributed by atoms with Crippen LogP contribution in [-0.2, 0) is 11.2 Å². The number of carbonyl (C=O) groups excluding carboxylic acids is 1. The third-order valence-corrected chi connectivity index (χ3v) is 4.06. The molecule has 1 fully saturated rings. The Labute approximate surface area is 118 Å². The summed E-state index contributed by atoms with van der Waals surface area (Å²) in [7, 11) is 0. The van der Waals surface area contributed by atoms with Gasteiger partial charge in [0.1, 0.15) is 0 Å². The number of amides is 1. The third-order valence-electron chi connectivity index (χ3n) is 3.32. The number of nitrogens with zero attached hydrogens (tertiary/aromatic N) is 1. The van der Waals surface area contributed by atoms with Crippen molar-refractivity contribution in [1.82, 2.24) is 4.90 Å². The van der Waals surface area contributed by atoms with Gasteiger partial charge in [-0.2, -0.15) is 0 Å². The van der Waals surface area contributed by atoms with Gasteiger partial charge in [0, 0.05) is 19.5 Å². The fourth-order valence-corrected chi connectivity index (χ4v) is 2.57. The summed E-state index contributed by atoms with van der Waals surface area (Å²) in [6.45, 7) is 1.83. The summed E-state index contributed by atoms with van der Waals surface area (Å²) in [6, 6.07) is 5.55. The Balaban J connectivity index is 1.86. The minimum absolute atomic E-state index is 0.251. The molecule has 0 N–H and O–H groups in total. The summed E-state index contributed by atoms with van der Waals surface area (Å²) in [6.07, 6.45) is 4.80. The Bertz CT molecular complexity index is 428. The van der Waals surface area contributed by atoms with Gasteiger partial charge in [0.25, 0.3) is 0 Å². The van der Waals surface area contributed by atoms with Crippen molar-refractivity contribution in [3.8, 4) is 0 Å². The number of likely N-dealkylation sites (tertiary alicyclic amines) is 1. The van der Waals surface area contributed by atoms with Gasteiger partial charge in [-0.05, 0) is 43.4 Å². The van der Waals surface area contributed by atoms with Crippen LogP contribution in [0.4, 0.5) is 0 Å². The van der Waals surface area contributed by atoms with Crippen molar-refractivity contribution < 1.29 is 4.79 Å². The van der Waals surface area contributed by atoms with E-state index in [-0.39, 0.29) is 5.91 Å². The summed E-state index contributed by atoms with van der Waals surface area (Å²) >= 11 is 11.8. The van der Waals surface area contributed by atoms with Crippen molar-refractivity contribution in [3.63, 3.8) is 0 Å². The number of benzene rings is 1. The molecule has 0 bridgehead atoms. The number of carbonyl (C=O) groups is 1. The Morgan fingerprint density at radius 3 is 2.50 bits per heavy atom. The maximum atomic E-state index is 12.0. The number of halogens is 2. The minimum Gasteiger partial charge on any atom is -0.343 e. The van der Waals surface area contributed by atoms with Crippen LogP contribution in [0.25, 0.3) is 0 Å². The van der Waals surface area contributed by atoms with E-state index in [1.807, 2.05) is 17.0 Å². The number of hydrogen-bond acceptors (Lipinski definition) is 1. The summed E-state index contributed by atoms with van der Waals surface area (Å²) in [5, 5.41) is 1.11. The SMILES string of the molecule is O=C(CCc1ccc(Cl)c(Cl)c1)N1CCCCC1. The molecule has 0 spiro atoms. The van der Waals surface area contributed by atoms with Crippen LogP contribution in [0.5, 0.6) is 0 Å². The Kier molecular flexibility index (Phi) is 4.90. The molecule has 1 aromatic carbocycles. The largest absolute Gasteiger partial charge is 0.343 e. The molecule has 18 heavy (non-hydrogen) atoms. The van der Waals surface area contributed by atoms with E-state index in [1.165, 1.54) is 6.42 Å². The zero-order valence-electron chi connectivity index (χ0n) is 10.3. The molecule has 2 rings (SSSR count). The standard InChI is InChI=1S/C14H17Cl2NO/c15-12-6-4-11(10-13(12)16)5-7-14(18)17-8-2-1-3-9-17/h4,6,10H,1-3,5,7-9H2. The van der Waals surface area contributed by atoms with Gasteiger partial charge in [-0.15, -0.1) is 0 Å². The van der Waals surface area contributed by atoms with E-state index in [0.29, 0.717) is 16.5 Å². The first-order chi connectivity index (χ1) is 8.66. The van der Waals surface area contributed by atoms with E-state index in [9.17, 15) is 4.79 Å². The van der Waals surface area contributed by atoms with Crippen molar-refractivity contribution in [2.45, 2.75) is 32.1 Å². The number of hydrogen-bond donors (Lipinski definition) is 0. The molecule has 2 nitrogen and oxygen atoms in total. The molecule has 0 atom stereocenters. The van der Waals surface area contributed by atoms with Gasteiger partial charge in [0.2, 0.25) is 5.91 Å². The molecule has 1 aliphatic rings. The van der Waals surface area contributed by atoms with Gasteiger partial charge >= 0.3 is 0 Å². The molecule has 1 saturated heterocycles. The quantitative estimate of drug-likeness (QED) is 0.824. The molecule has 1 amide bonds. The molecule has 1 heterocycles. The molecular formula is C14H17Cl2NO. The Morgan fingerprint density at radius 2 is 1.83 bits per heavy atom. The van der Waals surface area contributed by atoms with E-state index in [4.69, 9.17) is 23.2 Å². The van der Waals surface area contributed by atoms with Crippen LogP contribution in [0.15, 0.2) is 18.2 Å². The maximum Gasteiger partial charge on any atom is 0.222 e. The van der Waals surface area contributed by atoms with E-state index in [2.05, 4.69) is 0 Å². The van der Waals surface area contributed by atoms with Gasteiger partial charge in [-0.1, -0.05) is 29.3 Å². The van der Waals surface area contributed by atoms with Crippen LogP contribution in [-0.4, -0.2) is 23.9 Å². The number of aryl methyl sites for hydroxylation is 1. The van der Waals surface area contributed by atoms with Crippen LogP contribution in [0.2, 0.25) is 10.0 Å². The zero-order chi connectivity index (χ0) is 13.0. The Hall–Kier alpha value is -0.730. The Morgan fingerprint density at radius 1 is 1.11 bits per heavy atom. The molecule has 0 saturated carbocycles. The second-order valence-corrected chi connectivity index (χ2v) is 5.50. The average molecular weight is 286 g/mol. The lowest BCUT2D eigenvalue weighted by molar-refractivity contribution is -0.132. The highest BCUT2D eigenvalue weighted by Crippen LogP contribution is 2.23. The molecule has 0 aromatic heterocycles. The van der Waals surface area contributed by atoms with Crippen LogP contribution < -0.4 is 0 Å². The van der Waals surface area contributed by atoms with Crippen LogP contribution in [0, 0.1) is 0 Å². The maximum absolute atomic E-state index is 12.0. The van der Waals surface area contributed by atoms with Crippen molar-refractivity contribution in [1.29, 1.82) is 0 Å². The summed E-state index contributed by atoms with van der Waals surface area (Å²) in [4.78, 5) is 14.0. The average Bonchev–Trinajstić information content (AvgIpc) is 2.41. The molecule has 98 valence electrons. The second kappa shape index (κ2) is 6.44. The lowest BCUT2D eigenvalue weighted by atomic mass is 10.1. The molecule has 1 aromatic rings. The summed E-state index contributed by atoms with van der Waals surface area (Å²) < 4.78 is 0. The van der Waals surface area contributed by atoms with Gasteiger partial charge in [-0.3, -0.25) is 4.79 Å².